The van der Waals surface area contributed by atoms with Crippen molar-refractivity contribution in [1.82, 2.24) is 0 Å². The smallest absolute Gasteiger partial charge is 0.106 e. The summed E-state index contributed by atoms with van der Waals surface area (Å²) in [7, 11) is 0. The highest BCUT2D eigenvalue weighted by Gasteiger charge is 2.17. The molecule has 0 aliphatic heterocycles. The quantitative estimate of drug-likeness (QED) is 0.502. The monoisotopic (exact) mass is 452 g/mol. The number of aryl methyl sites for hydroxylation is 1. The Bertz CT molecular complexity index is 813. The molecule has 0 spiro atoms. The fourth-order valence-corrected chi connectivity index (χ4v) is 3.58. The number of aliphatic hydroxyl groups is 1. The highest BCUT2D eigenvalue weighted by molar-refractivity contribution is 14.1. The van der Waals surface area contributed by atoms with E-state index in [9.17, 15) is 5.11 Å². The molecule has 3 heteroatoms. The zero-order valence-corrected chi connectivity index (χ0v) is 15.2. The molecule has 0 aliphatic carbocycles. The van der Waals surface area contributed by atoms with Gasteiger partial charge in [0.25, 0.3) is 0 Å². The van der Waals surface area contributed by atoms with E-state index in [0.717, 1.165) is 24.6 Å². The van der Waals surface area contributed by atoms with Crippen molar-refractivity contribution in [3.05, 3.63) is 79.3 Å². The Hall–Kier alpha value is -0.910. The maximum absolute atomic E-state index is 10.9. The van der Waals surface area contributed by atoms with Crippen LogP contribution in [0.3, 0.4) is 0 Å². The number of aliphatic hydroxyl groups excluding tert-OH is 1. The maximum atomic E-state index is 10.9. The number of halogens is 2. The molecular formula is C18H14BrIO. The van der Waals surface area contributed by atoms with E-state index in [1.54, 1.807) is 0 Å². The van der Waals surface area contributed by atoms with Crippen LogP contribution in [0.15, 0.2) is 59.1 Å². The van der Waals surface area contributed by atoms with E-state index in [0.29, 0.717) is 0 Å². The molecule has 0 fully saturated rings. The van der Waals surface area contributed by atoms with Crippen LogP contribution in [0.2, 0.25) is 0 Å². The van der Waals surface area contributed by atoms with Gasteiger partial charge in [0.05, 0.1) is 0 Å². The van der Waals surface area contributed by atoms with Crippen LogP contribution in [-0.2, 0) is 0 Å². The summed E-state index contributed by atoms with van der Waals surface area (Å²) in [5, 5.41) is 13.2. The first kappa shape index (κ1) is 15.0. The first-order chi connectivity index (χ1) is 10.1. The summed E-state index contributed by atoms with van der Waals surface area (Å²) in [5.41, 5.74) is 3.07. The molecule has 0 saturated carbocycles. The van der Waals surface area contributed by atoms with Crippen molar-refractivity contribution in [3.63, 3.8) is 0 Å². The highest BCUT2D eigenvalue weighted by atomic mass is 127. The SMILES string of the molecule is Cc1ccc(C(O)c2cc(I)ccc2Br)c2ccccc12. The van der Waals surface area contributed by atoms with Crippen molar-refractivity contribution in [3.8, 4) is 0 Å². The molecule has 1 nitrogen and oxygen atoms in total. The molecule has 0 amide bonds. The molecule has 106 valence electrons. The van der Waals surface area contributed by atoms with E-state index in [4.69, 9.17) is 0 Å². The predicted molar refractivity (Wildman–Crippen MR) is 99.6 cm³/mol. The average Bonchev–Trinajstić information content (AvgIpc) is 2.50. The Kier molecular flexibility index (Phi) is 4.33. The Labute approximate surface area is 146 Å². The van der Waals surface area contributed by atoms with E-state index in [1.807, 2.05) is 36.4 Å². The van der Waals surface area contributed by atoms with Crippen LogP contribution < -0.4 is 0 Å². The van der Waals surface area contributed by atoms with E-state index < -0.39 is 6.10 Å². The largest absolute Gasteiger partial charge is 0.384 e. The normalized spacial score (nSPS) is 12.6. The molecule has 3 rings (SSSR count). The molecule has 1 N–H and O–H groups in total. The first-order valence-corrected chi connectivity index (χ1v) is 8.56. The summed E-state index contributed by atoms with van der Waals surface area (Å²) in [4.78, 5) is 0. The molecule has 1 unspecified atom stereocenters. The van der Waals surface area contributed by atoms with Crippen LogP contribution in [0.5, 0.6) is 0 Å². The molecule has 3 aromatic carbocycles. The first-order valence-electron chi connectivity index (χ1n) is 6.69. The molecular weight excluding hydrogens is 439 g/mol. The van der Waals surface area contributed by atoms with E-state index >= 15 is 0 Å². The lowest BCUT2D eigenvalue weighted by Gasteiger charge is -2.17. The highest BCUT2D eigenvalue weighted by Crippen LogP contribution is 2.34. The number of fused-ring (bicyclic) bond motifs is 1. The summed E-state index contributed by atoms with van der Waals surface area (Å²) in [6.07, 6.45) is -0.639. The number of hydrogen-bond acceptors (Lipinski definition) is 1. The van der Waals surface area contributed by atoms with Crippen molar-refractivity contribution >= 4 is 49.3 Å². The van der Waals surface area contributed by atoms with Gasteiger partial charge in [-0.05, 0) is 69.6 Å². The summed E-state index contributed by atoms with van der Waals surface area (Å²) < 4.78 is 2.04. The molecule has 0 radical (unpaired) electrons. The third-order valence-electron chi connectivity index (χ3n) is 3.72. The molecule has 21 heavy (non-hydrogen) atoms. The minimum atomic E-state index is -0.639. The fraction of sp³-hybridized carbons (Fsp3) is 0.111. The molecule has 0 aromatic heterocycles. The second kappa shape index (κ2) is 6.07. The Morgan fingerprint density at radius 3 is 2.43 bits per heavy atom. The van der Waals surface area contributed by atoms with Gasteiger partial charge >= 0.3 is 0 Å². The molecule has 0 aliphatic rings. The molecule has 1 atom stereocenters. The predicted octanol–water partition coefficient (Wildman–Crippen LogP) is 5.60. The minimum Gasteiger partial charge on any atom is -0.384 e. The van der Waals surface area contributed by atoms with Crippen molar-refractivity contribution in [2.75, 3.05) is 0 Å². The van der Waals surface area contributed by atoms with Crippen LogP contribution in [0.1, 0.15) is 22.8 Å². The summed E-state index contributed by atoms with van der Waals surface area (Å²) >= 11 is 5.81. The number of rotatable bonds is 2. The minimum absolute atomic E-state index is 0.639. The lowest BCUT2D eigenvalue weighted by molar-refractivity contribution is 0.221. The van der Waals surface area contributed by atoms with Crippen LogP contribution in [-0.4, -0.2) is 5.11 Å². The third kappa shape index (κ3) is 2.87. The van der Waals surface area contributed by atoms with Gasteiger partial charge in [0.1, 0.15) is 6.10 Å². The second-order valence-corrected chi connectivity index (χ2v) is 7.19. The maximum Gasteiger partial charge on any atom is 0.106 e. The van der Waals surface area contributed by atoms with Gasteiger partial charge in [0.2, 0.25) is 0 Å². The second-order valence-electron chi connectivity index (χ2n) is 5.09. The summed E-state index contributed by atoms with van der Waals surface area (Å²) in [6, 6.07) is 18.3. The average molecular weight is 453 g/mol. The van der Waals surface area contributed by atoms with Crippen LogP contribution >= 0.6 is 38.5 Å². The molecule has 3 aromatic rings. The van der Waals surface area contributed by atoms with Gasteiger partial charge in [0, 0.05) is 13.6 Å². The van der Waals surface area contributed by atoms with Gasteiger partial charge in [-0.3, -0.25) is 0 Å². The fourth-order valence-electron chi connectivity index (χ4n) is 2.60. The van der Waals surface area contributed by atoms with Crippen LogP contribution in [0.25, 0.3) is 10.8 Å². The van der Waals surface area contributed by atoms with Crippen molar-refractivity contribution < 1.29 is 5.11 Å². The Balaban J connectivity index is 2.20. The van der Waals surface area contributed by atoms with E-state index in [-0.39, 0.29) is 0 Å². The Morgan fingerprint density at radius 2 is 1.67 bits per heavy atom. The summed E-state index contributed by atoms with van der Waals surface area (Å²) in [5.74, 6) is 0. The molecule has 0 bridgehead atoms. The zero-order chi connectivity index (χ0) is 15.0. The third-order valence-corrected chi connectivity index (χ3v) is 5.12. The zero-order valence-electron chi connectivity index (χ0n) is 11.5. The molecule has 0 saturated heterocycles. The van der Waals surface area contributed by atoms with Crippen molar-refractivity contribution in [1.29, 1.82) is 0 Å². The van der Waals surface area contributed by atoms with Gasteiger partial charge in [-0.15, -0.1) is 0 Å². The van der Waals surface area contributed by atoms with Gasteiger partial charge in [-0.25, -0.2) is 0 Å². The number of hydrogen-bond donors (Lipinski definition) is 1. The van der Waals surface area contributed by atoms with Gasteiger partial charge in [-0.2, -0.15) is 0 Å². The molecule has 0 heterocycles. The van der Waals surface area contributed by atoms with Gasteiger partial charge < -0.3 is 5.11 Å². The lowest BCUT2D eigenvalue weighted by Crippen LogP contribution is -2.02. The number of benzene rings is 3. The van der Waals surface area contributed by atoms with Crippen molar-refractivity contribution in [2.24, 2.45) is 0 Å². The Morgan fingerprint density at radius 1 is 0.952 bits per heavy atom. The van der Waals surface area contributed by atoms with E-state index in [2.05, 4.69) is 63.6 Å². The van der Waals surface area contributed by atoms with Crippen LogP contribution in [0.4, 0.5) is 0 Å². The summed E-state index contributed by atoms with van der Waals surface area (Å²) in [6.45, 7) is 2.10. The van der Waals surface area contributed by atoms with Gasteiger partial charge in [0.15, 0.2) is 0 Å². The van der Waals surface area contributed by atoms with Gasteiger partial charge in [-0.1, -0.05) is 52.3 Å². The lowest BCUT2D eigenvalue weighted by atomic mass is 9.94. The van der Waals surface area contributed by atoms with E-state index in [1.165, 1.54) is 10.9 Å². The standard InChI is InChI=1S/C18H14BrIO/c1-11-6-8-15(14-5-3-2-4-13(11)14)18(21)16-10-12(20)7-9-17(16)19/h2-10,18,21H,1H3. The van der Waals surface area contributed by atoms with Crippen molar-refractivity contribution in [2.45, 2.75) is 13.0 Å². The van der Waals surface area contributed by atoms with Crippen LogP contribution in [0, 0.1) is 10.5 Å². The topological polar surface area (TPSA) is 20.2 Å².